The van der Waals surface area contributed by atoms with E-state index in [9.17, 15) is 22.4 Å². The molecule has 2 aromatic rings. The van der Waals surface area contributed by atoms with E-state index in [-0.39, 0.29) is 27.8 Å². The molecule has 0 bridgehead atoms. The smallest absolute Gasteiger partial charge is 0.244 e. The number of hydrogen-bond acceptors (Lipinski definition) is 4. The Morgan fingerprint density at radius 3 is 2.15 bits per heavy atom. The van der Waals surface area contributed by atoms with E-state index >= 15 is 0 Å². The van der Waals surface area contributed by atoms with Crippen LogP contribution in [0.3, 0.4) is 0 Å². The van der Waals surface area contributed by atoms with Crippen LogP contribution >= 0.6 is 23.2 Å². The molecule has 2 amide bonds. The van der Waals surface area contributed by atoms with Gasteiger partial charge in [0, 0.05) is 27.7 Å². The van der Waals surface area contributed by atoms with E-state index in [4.69, 9.17) is 23.2 Å². The molecule has 11 heteroatoms. The Morgan fingerprint density at radius 1 is 1.09 bits per heavy atom. The SMILES string of the molecule is C[C@@H](C(=O)NC(C)(C)C)N(Cc1ccccc1F)C(=O)CN(c1cc(Cl)cc(Cl)c1)S(C)(=O)=O. The standard InChI is InChI=1S/C23H28Cl2FN3O4S/c1-15(22(31)27-23(2,3)4)28(13-16-8-6-7-9-20(16)26)21(30)14-29(34(5,32)33)19-11-17(24)10-18(25)12-19/h6-12,15H,13-14H2,1-5H3,(H,27,31)/t15-/m0/s1. The molecule has 2 rings (SSSR count). The number of halogens is 3. The number of sulfonamides is 1. The molecule has 0 fully saturated rings. The zero-order valence-corrected chi connectivity index (χ0v) is 21.9. The molecule has 0 aliphatic rings. The van der Waals surface area contributed by atoms with E-state index < -0.39 is 45.8 Å². The first kappa shape index (κ1) is 27.9. The van der Waals surface area contributed by atoms with Crippen LogP contribution in [0.25, 0.3) is 0 Å². The van der Waals surface area contributed by atoms with Crippen molar-refractivity contribution in [2.24, 2.45) is 0 Å². The lowest BCUT2D eigenvalue weighted by Crippen LogP contribution is -2.54. The summed E-state index contributed by atoms with van der Waals surface area (Å²) in [6.07, 6.45) is 0.937. The van der Waals surface area contributed by atoms with Crippen molar-refractivity contribution in [3.05, 3.63) is 63.9 Å². The van der Waals surface area contributed by atoms with Crippen LogP contribution in [0.5, 0.6) is 0 Å². The number of carbonyl (C=O) groups excluding carboxylic acids is 2. The number of rotatable bonds is 8. The van der Waals surface area contributed by atoms with Crippen LogP contribution in [0.1, 0.15) is 33.3 Å². The highest BCUT2D eigenvalue weighted by molar-refractivity contribution is 7.92. The number of amides is 2. The molecule has 0 saturated carbocycles. The van der Waals surface area contributed by atoms with E-state index in [1.54, 1.807) is 26.8 Å². The molecular formula is C23H28Cl2FN3O4S. The summed E-state index contributed by atoms with van der Waals surface area (Å²) in [5.41, 5.74) is -0.303. The molecule has 0 aliphatic carbocycles. The number of benzene rings is 2. The number of hydrogen-bond donors (Lipinski definition) is 1. The van der Waals surface area contributed by atoms with Gasteiger partial charge in [-0.2, -0.15) is 0 Å². The zero-order valence-electron chi connectivity index (χ0n) is 19.6. The lowest BCUT2D eigenvalue weighted by atomic mass is 10.1. The third kappa shape index (κ3) is 7.85. The second-order valence-corrected chi connectivity index (χ2v) is 11.7. The molecule has 0 heterocycles. The number of nitrogens with one attached hydrogen (secondary N) is 1. The Hall–Kier alpha value is -2.36. The zero-order chi connectivity index (χ0) is 25.8. The van der Waals surface area contributed by atoms with Crippen LogP contribution in [0.4, 0.5) is 10.1 Å². The first-order valence-electron chi connectivity index (χ1n) is 10.4. The predicted octanol–water partition coefficient (Wildman–Crippen LogP) is 4.23. The summed E-state index contributed by atoms with van der Waals surface area (Å²) in [6, 6.07) is 8.99. The van der Waals surface area contributed by atoms with Gasteiger partial charge < -0.3 is 10.2 Å². The maximum Gasteiger partial charge on any atom is 0.244 e. The van der Waals surface area contributed by atoms with Gasteiger partial charge in [0.1, 0.15) is 18.4 Å². The summed E-state index contributed by atoms with van der Waals surface area (Å²) in [5, 5.41) is 3.16. The molecule has 0 aliphatic heterocycles. The fourth-order valence-electron chi connectivity index (χ4n) is 3.16. The molecule has 1 N–H and O–H groups in total. The van der Waals surface area contributed by atoms with Crippen molar-refractivity contribution >= 4 is 50.7 Å². The Balaban J connectivity index is 2.45. The normalized spacial score (nSPS) is 12.7. The van der Waals surface area contributed by atoms with Gasteiger partial charge in [-0.3, -0.25) is 13.9 Å². The largest absolute Gasteiger partial charge is 0.350 e. The van der Waals surface area contributed by atoms with Crippen molar-refractivity contribution in [3.8, 4) is 0 Å². The summed E-state index contributed by atoms with van der Waals surface area (Å²) in [7, 11) is -3.94. The molecule has 7 nitrogen and oxygen atoms in total. The van der Waals surface area contributed by atoms with Crippen LogP contribution in [0, 0.1) is 5.82 Å². The number of anilines is 1. The molecule has 2 aromatic carbocycles. The highest BCUT2D eigenvalue weighted by Crippen LogP contribution is 2.27. The lowest BCUT2D eigenvalue weighted by Gasteiger charge is -2.33. The van der Waals surface area contributed by atoms with Crippen molar-refractivity contribution in [1.29, 1.82) is 0 Å². The van der Waals surface area contributed by atoms with Gasteiger partial charge in [-0.25, -0.2) is 12.8 Å². The molecule has 0 aromatic heterocycles. The fraction of sp³-hybridized carbons (Fsp3) is 0.391. The summed E-state index contributed by atoms with van der Waals surface area (Å²) < 4.78 is 40.3. The van der Waals surface area contributed by atoms with Gasteiger partial charge in [-0.05, 0) is 52.0 Å². The Bertz CT molecular complexity index is 1150. The molecule has 34 heavy (non-hydrogen) atoms. The monoisotopic (exact) mass is 531 g/mol. The van der Waals surface area contributed by atoms with Crippen molar-refractivity contribution in [3.63, 3.8) is 0 Å². The Labute approximate surface area is 209 Å². The Morgan fingerprint density at radius 2 is 1.65 bits per heavy atom. The second-order valence-electron chi connectivity index (χ2n) is 8.93. The van der Waals surface area contributed by atoms with Crippen molar-refractivity contribution < 1.29 is 22.4 Å². The van der Waals surface area contributed by atoms with Gasteiger partial charge in [0.2, 0.25) is 21.8 Å². The van der Waals surface area contributed by atoms with Gasteiger partial charge >= 0.3 is 0 Å². The molecule has 1 atom stereocenters. The average Bonchev–Trinajstić information content (AvgIpc) is 2.67. The van der Waals surface area contributed by atoms with Gasteiger partial charge in [-0.15, -0.1) is 0 Å². The van der Waals surface area contributed by atoms with Crippen molar-refractivity contribution in [1.82, 2.24) is 10.2 Å². The van der Waals surface area contributed by atoms with E-state index in [0.717, 1.165) is 15.5 Å². The topological polar surface area (TPSA) is 86.8 Å². The number of nitrogens with zero attached hydrogens (tertiary/aromatic N) is 2. The minimum atomic E-state index is -3.94. The van der Waals surface area contributed by atoms with Gasteiger partial charge in [0.15, 0.2) is 0 Å². The molecule has 0 spiro atoms. The van der Waals surface area contributed by atoms with Gasteiger partial charge in [0.05, 0.1) is 11.9 Å². The summed E-state index contributed by atoms with van der Waals surface area (Å²) in [6.45, 7) is 5.98. The van der Waals surface area contributed by atoms with Crippen LogP contribution in [-0.4, -0.2) is 49.5 Å². The van der Waals surface area contributed by atoms with Gasteiger partial charge in [-0.1, -0.05) is 41.4 Å². The van der Waals surface area contributed by atoms with Crippen LogP contribution in [-0.2, 0) is 26.2 Å². The fourth-order valence-corrected chi connectivity index (χ4v) is 4.51. The molecule has 0 unspecified atom stereocenters. The van der Waals surface area contributed by atoms with Gasteiger partial charge in [0.25, 0.3) is 0 Å². The average molecular weight is 532 g/mol. The van der Waals surface area contributed by atoms with E-state index in [1.165, 1.54) is 43.3 Å². The van der Waals surface area contributed by atoms with Crippen molar-refractivity contribution in [2.75, 3.05) is 17.1 Å². The van der Waals surface area contributed by atoms with E-state index in [0.29, 0.717) is 0 Å². The molecule has 0 saturated heterocycles. The first-order valence-corrected chi connectivity index (χ1v) is 13.0. The van der Waals surface area contributed by atoms with E-state index in [2.05, 4.69) is 5.32 Å². The van der Waals surface area contributed by atoms with Crippen LogP contribution in [0.15, 0.2) is 42.5 Å². The van der Waals surface area contributed by atoms with Crippen molar-refractivity contribution in [2.45, 2.75) is 45.8 Å². The summed E-state index contributed by atoms with van der Waals surface area (Å²) >= 11 is 12.1. The molecule has 0 radical (unpaired) electrons. The van der Waals surface area contributed by atoms with Crippen LogP contribution < -0.4 is 9.62 Å². The summed E-state index contributed by atoms with van der Waals surface area (Å²) in [4.78, 5) is 27.4. The quantitative estimate of drug-likeness (QED) is 0.552. The minimum absolute atomic E-state index is 0.0889. The Kier molecular flexibility index (Phi) is 8.96. The molecular weight excluding hydrogens is 504 g/mol. The third-order valence-electron chi connectivity index (χ3n) is 4.78. The van der Waals surface area contributed by atoms with Crippen LogP contribution in [0.2, 0.25) is 10.0 Å². The summed E-state index contributed by atoms with van der Waals surface area (Å²) in [5.74, 6) is -1.72. The minimum Gasteiger partial charge on any atom is -0.350 e. The third-order valence-corrected chi connectivity index (χ3v) is 6.36. The lowest BCUT2D eigenvalue weighted by molar-refractivity contribution is -0.140. The second kappa shape index (κ2) is 10.9. The highest BCUT2D eigenvalue weighted by atomic mass is 35.5. The van der Waals surface area contributed by atoms with E-state index in [1.807, 2.05) is 0 Å². The molecule has 186 valence electrons. The maximum atomic E-state index is 14.4. The first-order chi connectivity index (χ1) is 15.6. The highest BCUT2D eigenvalue weighted by Gasteiger charge is 2.32. The number of carbonyl (C=O) groups is 2. The predicted molar refractivity (Wildman–Crippen MR) is 133 cm³/mol. The maximum absolute atomic E-state index is 14.4.